The minimum absolute atomic E-state index is 0.0839. The van der Waals surface area contributed by atoms with Gasteiger partial charge in [0.25, 0.3) is 0 Å². The maximum Gasteiger partial charge on any atom is 0.143 e. The van der Waals surface area contributed by atoms with Crippen molar-refractivity contribution >= 4 is 0 Å². The fourth-order valence-electron chi connectivity index (χ4n) is 3.02. The molecule has 0 aliphatic heterocycles. The van der Waals surface area contributed by atoms with E-state index in [4.69, 9.17) is 5.26 Å². The summed E-state index contributed by atoms with van der Waals surface area (Å²) in [7, 11) is 0. The first kappa shape index (κ1) is 18.6. The Bertz CT molecular complexity index is 482. The zero-order chi connectivity index (χ0) is 16.9. The number of halogens is 2. The van der Waals surface area contributed by atoms with Gasteiger partial charge >= 0.3 is 0 Å². The molecule has 0 aromatic rings. The lowest BCUT2D eigenvalue weighted by Gasteiger charge is -2.40. The van der Waals surface area contributed by atoms with Crippen molar-refractivity contribution in [3.63, 3.8) is 0 Å². The van der Waals surface area contributed by atoms with Gasteiger partial charge in [-0.15, -0.1) is 0 Å². The normalized spacial score (nSPS) is 25.8. The summed E-state index contributed by atoms with van der Waals surface area (Å²) in [5, 5.41) is 22.7. The number of aliphatic hydroxyl groups is 1. The van der Waals surface area contributed by atoms with Crippen molar-refractivity contribution in [2.24, 2.45) is 11.8 Å². The van der Waals surface area contributed by atoms with Crippen molar-refractivity contribution in [3.05, 3.63) is 23.7 Å². The number of nitrogens with zero attached hydrogens (tertiary/aromatic N) is 1. The summed E-state index contributed by atoms with van der Waals surface area (Å²) in [5.41, 5.74) is -0.649. The van der Waals surface area contributed by atoms with Gasteiger partial charge in [-0.05, 0) is 30.9 Å². The average Bonchev–Trinajstić information content (AvgIpc) is 2.44. The number of nitrogens with one attached hydrogen (secondary N) is 1. The molecule has 0 amide bonds. The van der Waals surface area contributed by atoms with E-state index in [9.17, 15) is 13.9 Å². The van der Waals surface area contributed by atoms with Gasteiger partial charge in [-0.1, -0.05) is 34.1 Å². The average molecular weight is 312 g/mol. The predicted molar refractivity (Wildman–Crippen MR) is 83.2 cm³/mol. The van der Waals surface area contributed by atoms with Gasteiger partial charge in [0.2, 0.25) is 0 Å². The summed E-state index contributed by atoms with van der Waals surface area (Å²) >= 11 is 0. The number of hydrogen-bond acceptors (Lipinski definition) is 3. The first-order valence-electron chi connectivity index (χ1n) is 7.90. The second-order valence-corrected chi connectivity index (χ2v) is 6.28. The molecular formula is C17H26F2N2O. The van der Waals surface area contributed by atoms with E-state index < -0.39 is 23.5 Å². The molecule has 124 valence electrons. The molecule has 0 bridgehead atoms. The van der Waals surface area contributed by atoms with Crippen LogP contribution in [0.3, 0.4) is 0 Å². The van der Waals surface area contributed by atoms with Crippen LogP contribution in [0.1, 0.15) is 47.0 Å². The van der Waals surface area contributed by atoms with Gasteiger partial charge in [0, 0.05) is 5.70 Å². The molecule has 0 aromatic heterocycles. The second-order valence-electron chi connectivity index (χ2n) is 6.28. The van der Waals surface area contributed by atoms with Gasteiger partial charge in [-0.3, -0.25) is 0 Å². The van der Waals surface area contributed by atoms with Crippen molar-refractivity contribution < 1.29 is 13.9 Å². The number of nitriles is 1. The highest BCUT2D eigenvalue weighted by Crippen LogP contribution is 2.30. The molecule has 0 fully saturated rings. The van der Waals surface area contributed by atoms with Gasteiger partial charge in [0.05, 0.1) is 17.7 Å². The molecule has 2 unspecified atom stereocenters. The van der Waals surface area contributed by atoms with E-state index >= 15 is 0 Å². The van der Waals surface area contributed by atoms with Crippen molar-refractivity contribution in [2.45, 2.75) is 64.8 Å². The number of hydrogen-bond donors (Lipinski definition) is 2. The standard InChI is InChI=1S/C17H26F2N2O/c1-5-7-17(22,6-2)16(11(3)4)21-12-8-14(18)13(10-20)15(19)9-12/h8-9,11,13-14,16,21-22H,5-7H2,1-4H3/t13?,14?,16-,17-/m0/s1. The Morgan fingerprint density at radius 2 is 2.09 bits per heavy atom. The maximum absolute atomic E-state index is 13.8. The highest BCUT2D eigenvalue weighted by molar-refractivity contribution is 5.32. The van der Waals surface area contributed by atoms with Crippen LogP contribution in [-0.2, 0) is 0 Å². The quantitative estimate of drug-likeness (QED) is 0.752. The van der Waals surface area contributed by atoms with Crippen LogP contribution in [-0.4, -0.2) is 22.9 Å². The van der Waals surface area contributed by atoms with E-state index in [1.54, 1.807) is 6.07 Å². The molecule has 3 nitrogen and oxygen atoms in total. The van der Waals surface area contributed by atoms with E-state index in [2.05, 4.69) is 5.32 Å². The van der Waals surface area contributed by atoms with E-state index in [-0.39, 0.29) is 17.7 Å². The van der Waals surface area contributed by atoms with Crippen LogP contribution in [0.5, 0.6) is 0 Å². The lowest BCUT2D eigenvalue weighted by atomic mass is 9.80. The third kappa shape index (κ3) is 4.07. The highest BCUT2D eigenvalue weighted by Gasteiger charge is 2.37. The minimum Gasteiger partial charge on any atom is -0.388 e. The third-order valence-corrected chi connectivity index (χ3v) is 4.25. The molecule has 4 atom stereocenters. The number of allylic oxidation sites excluding steroid dienone is 3. The lowest BCUT2D eigenvalue weighted by Crippen LogP contribution is -2.53. The lowest BCUT2D eigenvalue weighted by molar-refractivity contribution is -0.0220. The monoisotopic (exact) mass is 312 g/mol. The Balaban J connectivity index is 3.01. The van der Waals surface area contributed by atoms with Gasteiger partial charge < -0.3 is 10.4 Å². The minimum atomic E-state index is -1.67. The Morgan fingerprint density at radius 3 is 2.50 bits per heavy atom. The SMILES string of the molecule is CCC[C@@](O)(CC)[C@@H](NC1=CC(F)C(C#N)C(F)=C1)C(C)C. The highest BCUT2D eigenvalue weighted by atomic mass is 19.1. The fourth-order valence-corrected chi connectivity index (χ4v) is 3.02. The number of alkyl halides is 1. The predicted octanol–water partition coefficient (Wildman–Crippen LogP) is 3.77. The van der Waals surface area contributed by atoms with E-state index in [0.717, 1.165) is 12.5 Å². The molecule has 0 heterocycles. The summed E-state index contributed by atoms with van der Waals surface area (Å²) in [6.07, 6.45) is 2.68. The van der Waals surface area contributed by atoms with Crippen molar-refractivity contribution in [3.8, 4) is 6.07 Å². The maximum atomic E-state index is 13.8. The van der Waals surface area contributed by atoms with Gasteiger partial charge in [-0.2, -0.15) is 5.26 Å². The van der Waals surface area contributed by atoms with Crippen LogP contribution < -0.4 is 5.32 Å². The molecule has 0 radical (unpaired) electrons. The van der Waals surface area contributed by atoms with E-state index in [0.29, 0.717) is 12.8 Å². The summed E-state index contributed by atoms with van der Waals surface area (Å²) < 4.78 is 27.6. The summed E-state index contributed by atoms with van der Waals surface area (Å²) in [4.78, 5) is 0. The number of rotatable bonds is 7. The van der Waals surface area contributed by atoms with Crippen molar-refractivity contribution in [1.82, 2.24) is 5.32 Å². The fraction of sp³-hybridized carbons (Fsp3) is 0.706. The van der Waals surface area contributed by atoms with Gasteiger partial charge in [0.1, 0.15) is 17.9 Å². The Morgan fingerprint density at radius 1 is 1.45 bits per heavy atom. The zero-order valence-electron chi connectivity index (χ0n) is 13.7. The summed E-state index contributed by atoms with van der Waals surface area (Å²) in [6.45, 7) is 7.82. The summed E-state index contributed by atoms with van der Waals surface area (Å²) in [5.74, 6) is -2.07. The molecule has 0 spiro atoms. The largest absolute Gasteiger partial charge is 0.388 e. The van der Waals surface area contributed by atoms with Crippen LogP contribution >= 0.6 is 0 Å². The first-order valence-corrected chi connectivity index (χ1v) is 7.90. The van der Waals surface area contributed by atoms with E-state index in [1.165, 1.54) is 6.08 Å². The second kappa shape index (κ2) is 7.73. The molecule has 5 heteroatoms. The van der Waals surface area contributed by atoms with Crippen LogP contribution in [0.2, 0.25) is 0 Å². The third-order valence-electron chi connectivity index (χ3n) is 4.25. The van der Waals surface area contributed by atoms with Crippen LogP contribution in [0.15, 0.2) is 23.7 Å². The molecule has 0 aromatic carbocycles. The first-order chi connectivity index (χ1) is 10.3. The zero-order valence-corrected chi connectivity index (χ0v) is 13.7. The smallest absolute Gasteiger partial charge is 0.143 e. The van der Waals surface area contributed by atoms with Crippen molar-refractivity contribution in [1.29, 1.82) is 5.26 Å². The Hall–Kier alpha value is -1.41. The van der Waals surface area contributed by atoms with Crippen molar-refractivity contribution in [2.75, 3.05) is 0 Å². The molecule has 0 saturated carbocycles. The van der Waals surface area contributed by atoms with Gasteiger partial charge in [-0.25, -0.2) is 8.78 Å². The molecule has 1 aliphatic carbocycles. The van der Waals surface area contributed by atoms with Crippen LogP contribution in [0.25, 0.3) is 0 Å². The van der Waals surface area contributed by atoms with E-state index in [1.807, 2.05) is 27.7 Å². The molecule has 0 saturated heterocycles. The molecule has 1 aliphatic rings. The molecule has 2 N–H and O–H groups in total. The van der Waals surface area contributed by atoms with Crippen LogP contribution in [0, 0.1) is 23.2 Å². The summed E-state index contributed by atoms with van der Waals surface area (Å²) in [6, 6.07) is 1.30. The Labute approximate surface area is 131 Å². The Kier molecular flexibility index (Phi) is 6.55. The van der Waals surface area contributed by atoms with Gasteiger partial charge in [0.15, 0.2) is 0 Å². The topological polar surface area (TPSA) is 56.0 Å². The molecule has 22 heavy (non-hydrogen) atoms. The molecule has 1 rings (SSSR count). The van der Waals surface area contributed by atoms with Crippen LogP contribution in [0.4, 0.5) is 8.78 Å². The molecular weight excluding hydrogens is 286 g/mol.